The maximum Gasteiger partial charge on any atom is 0.220 e. The Bertz CT molecular complexity index is 243. The summed E-state index contributed by atoms with van der Waals surface area (Å²) in [5.41, 5.74) is 5.38. The van der Waals surface area contributed by atoms with Gasteiger partial charge in [-0.25, -0.2) is 0 Å². The highest BCUT2D eigenvalue weighted by molar-refractivity contribution is 5.83. The highest BCUT2D eigenvalue weighted by Gasteiger charge is 2.12. The number of carbonyl (C=O) groups excluding carboxylic acids is 1. The van der Waals surface area contributed by atoms with Gasteiger partial charge in [-0.2, -0.15) is 0 Å². The average Bonchev–Trinajstić information content (AvgIpc) is 2.24. The molecule has 0 heterocycles. The van der Waals surface area contributed by atoms with Crippen molar-refractivity contribution >= 4 is 11.7 Å². The smallest absolute Gasteiger partial charge is 0.220 e. The number of rotatable bonds is 7. The molecule has 0 aliphatic rings. The van der Waals surface area contributed by atoms with Gasteiger partial charge in [0.2, 0.25) is 5.91 Å². The lowest BCUT2D eigenvalue weighted by atomic mass is 10.1. The maximum atomic E-state index is 11.4. The quantitative estimate of drug-likeness (QED) is 0.251. The normalized spacial score (nSPS) is 15.6. The number of nitrogens with one attached hydrogen (secondary N) is 1. The molecule has 2 atom stereocenters. The molecular weight excluding hydrogens is 210 g/mol. The van der Waals surface area contributed by atoms with E-state index in [4.69, 9.17) is 15.7 Å². The molecule has 0 aromatic carbocycles. The molecule has 0 saturated carbocycles. The Hall–Kier alpha value is -1.30. The van der Waals surface area contributed by atoms with E-state index in [1.54, 1.807) is 14.0 Å². The van der Waals surface area contributed by atoms with Gasteiger partial charge in [0.15, 0.2) is 0 Å². The first-order valence-corrected chi connectivity index (χ1v) is 5.24. The highest BCUT2D eigenvalue weighted by Crippen LogP contribution is 2.01. The molecule has 6 nitrogen and oxygen atoms in total. The van der Waals surface area contributed by atoms with Gasteiger partial charge in [0.1, 0.15) is 5.84 Å². The van der Waals surface area contributed by atoms with Crippen LogP contribution in [0.2, 0.25) is 0 Å². The van der Waals surface area contributed by atoms with Crippen molar-refractivity contribution in [3.8, 4) is 0 Å². The van der Waals surface area contributed by atoms with Crippen LogP contribution >= 0.6 is 0 Å². The third-order valence-corrected chi connectivity index (χ3v) is 2.21. The molecule has 94 valence electrons. The number of oxime groups is 1. The Balaban J connectivity index is 3.81. The molecule has 4 N–H and O–H groups in total. The van der Waals surface area contributed by atoms with Crippen molar-refractivity contribution in [2.24, 2.45) is 22.7 Å². The van der Waals surface area contributed by atoms with E-state index >= 15 is 0 Å². The number of ether oxygens (including phenoxy) is 1. The highest BCUT2D eigenvalue weighted by atomic mass is 16.5. The summed E-state index contributed by atoms with van der Waals surface area (Å²) >= 11 is 0. The molecule has 0 bridgehead atoms. The molecule has 0 aliphatic heterocycles. The van der Waals surface area contributed by atoms with Gasteiger partial charge in [-0.3, -0.25) is 4.79 Å². The zero-order valence-corrected chi connectivity index (χ0v) is 10.1. The second kappa shape index (κ2) is 7.92. The summed E-state index contributed by atoms with van der Waals surface area (Å²) in [4.78, 5) is 11.4. The molecule has 6 heteroatoms. The maximum absolute atomic E-state index is 11.4. The van der Waals surface area contributed by atoms with Crippen LogP contribution in [0.4, 0.5) is 0 Å². The van der Waals surface area contributed by atoms with Gasteiger partial charge >= 0.3 is 0 Å². The number of hydrogen-bond donors (Lipinski definition) is 3. The molecular formula is C10H21N3O3. The van der Waals surface area contributed by atoms with Crippen LogP contribution in [0.15, 0.2) is 5.16 Å². The van der Waals surface area contributed by atoms with Crippen molar-refractivity contribution in [3.63, 3.8) is 0 Å². The molecule has 0 aromatic rings. The first-order valence-electron chi connectivity index (χ1n) is 5.24. The van der Waals surface area contributed by atoms with Gasteiger partial charge in [0.05, 0.1) is 0 Å². The van der Waals surface area contributed by atoms with Crippen LogP contribution < -0.4 is 11.1 Å². The van der Waals surface area contributed by atoms with E-state index in [2.05, 4.69) is 10.5 Å². The van der Waals surface area contributed by atoms with E-state index < -0.39 is 0 Å². The molecule has 0 aliphatic carbocycles. The van der Waals surface area contributed by atoms with Crippen molar-refractivity contribution in [2.75, 3.05) is 20.3 Å². The van der Waals surface area contributed by atoms with Crippen molar-refractivity contribution < 1.29 is 14.7 Å². The third-order valence-electron chi connectivity index (χ3n) is 2.21. The lowest BCUT2D eigenvalue weighted by Gasteiger charge is -2.13. The SMILES string of the molecule is COCC(C)CC(=O)NCC(C)C(N)=NO. The Morgan fingerprint density at radius 3 is 2.69 bits per heavy atom. The fourth-order valence-corrected chi connectivity index (χ4v) is 1.20. The molecule has 0 spiro atoms. The predicted octanol–water partition coefficient (Wildman–Crippen LogP) is 0.158. The summed E-state index contributed by atoms with van der Waals surface area (Å²) < 4.78 is 4.93. The van der Waals surface area contributed by atoms with Gasteiger partial charge in [-0.15, -0.1) is 0 Å². The Morgan fingerprint density at radius 2 is 2.19 bits per heavy atom. The monoisotopic (exact) mass is 231 g/mol. The second-order valence-electron chi connectivity index (χ2n) is 3.99. The lowest BCUT2D eigenvalue weighted by molar-refractivity contribution is -0.122. The number of carbonyl (C=O) groups is 1. The van der Waals surface area contributed by atoms with Gasteiger partial charge < -0.3 is 21.0 Å². The molecule has 0 aromatic heterocycles. The summed E-state index contributed by atoms with van der Waals surface area (Å²) in [5, 5.41) is 14.0. The van der Waals surface area contributed by atoms with Crippen molar-refractivity contribution in [1.82, 2.24) is 5.32 Å². The molecule has 0 radical (unpaired) electrons. The predicted molar refractivity (Wildman–Crippen MR) is 61.2 cm³/mol. The Morgan fingerprint density at radius 1 is 1.56 bits per heavy atom. The average molecular weight is 231 g/mol. The fourth-order valence-electron chi connectivity index (χ4n) is 1.20. The minimum atomic E-state index is -0.174. The van der Waals surface area contributed by atoms with E-state index in [1.165, 1.54) is 0 Å². The van der Waals surface area contributed by atoms with Gasteiger partial charge in [0, 0.05) is 32.6 Å². The van der Waals surface area contributed by atoms with Crippen LogP contribution in [0.25, 0.3) is 0 Å². The number of methoxy groups -OCH3 is 1. The first kappa shape index (κ1) is 14.7. The van der Waals surface area contributed by atoms with Crippen molar-refractivity contribution in [1.29, 1.82) is 0 Å². The minimum absolute atomic E-state index is 0.0536. The molecule has 0 rings (SSSR count). The van der Waals surface area contributed by atoms with Crippen LogP contribution in [0.5, 0.6) is 0 Å². The summed E-state index contributed by atoms with van der Waals surface area (Å²) in [6, 6.07) is 0. The largest absolute Gasteiger partial charge is 0.409 e. The number of hydrogen-bond acceptors (Lipinski definition) is 4. The molecule has 16 heavy (non-hydrogen) atoms. The third kappa shape index (κ3) is 6.23. The van der Waals surface area contributed by atoms with E-state index in [0.717, 1.165) is 0 Å². The van der Waals surface area contributed by atoms with Gasteiger partial charge in [0.25, 0.3) is 0 Å². The van der Waals surface area contributed by atoms with Crippen LogP contribution in [0.1, 0.15) is 20.3 Å². The number of amidine groups is 1. The van der Waals surface area contributed by atoms with Gasteiger partial charge in [-0.1, -0.05) is 19.0 Å². The van der Waals surface area contributed by atoms with E-state index in [0.29, 0.717) is 19.6 Å². The van der Waals surface area contributed by atoms with Crippen molar-refractivity contribution in [2.45, 2.75) is 20.3 Å². The zero-order valence-electron chi connectivity index (χ0n) is 10.1. The summed E-state index contributed by atoms with van der Waals surface area (Å²) in [5.74, 6) is 0.0724. The van der Waals surface area contributed by atoms with Crippen molar-refractivity contribution in [3.05, 3.63) is 0 Å². The van der Waals surface area contributed by atoms with E-state index in [1.807, 2.05) is 6.92 Å². The Labute approximate surface area is 95.8 Å². The summed E-state index contributed by atoms with van der Waals surface area (Å²) in [6.07, 6.45) is 0.413. The standard InChI is InChI=1S/C10H21N3O3/c1-7(6-16-3)4-9(14)12-5-8(2)10(11)13-15/h7-8,15H,4-6H2,1-3H3,(H2,11,13)(H,12,14). The number of nitrogens with two attached hydrogens (primary N) is 1. The van der Waals surface area contributed by atoms with Crippen LogP contribution in [0.3, 0.4) is 0 Å². The van der Waals surface area contributed by atoms with Crippen LogP contribution in [-0.4, -0.2) is 37.2 Å². The first-order chi connectivity index (χ1) is 7.51. The van der Waals surface area contributed by atoms with E-state index in [-0.39, 0.29) is 23.6 Å². The number of amides is 1. The summed E-state index contributed by atoms with van der Waals surface area (Å²) in [6.45, 7) is 4.64. The zero-order chi connectivity index (χ0) is 12.6. The molecule has 2 unspecified atom stereocenters. The topological polar surface area (TPSA) is 96.9 Å². The van der Waals surface area contributed by atoms with E-state index in [9.17, 15) is 4.79 Å². The minimum Gasteiger partial charge on any atom is -0.409 e. The molecule has 0 fully saturated rings. The molecule has 0 saturated heterocycles. The Kier molecular flexibility index (Phi) is 7.28. The number of nitrogens with zero attached hydrogens (tertiary/aromatic N) is 1. The van der Waals surface area contributed by atoms with Crippen LogP contribution in [-0.2, 0) is 9.53 Å². The molecule has 1 amide bonds. The van der Waals surface area contributed by atoms with Crippen LogP contribution in [0, 0.1) is 11.8 Å². The lowest BCUT2D eigenvalue weighted by Crippen LogP contribution is -2.35. The van der Waals surface area contributed by atoms with Gasteiger partial charge in [-0.05, 0) is 5.92 Å². The summed E-state index contributed by atoms with van der Waals surface area (Å²) in [7, 11) is 1.61. The second-order valence-corrected chi connectivity index (χ2v) is 3.99. The fraction of sp³-hybridized carbons (Fsp3) is 0.800.